The molecule has 136 valence electrons. The molecule has 1 aliphatic heterocycles. The molecule has 0 aliphatic carbocycles. The van der Waals surface area contributed by atoms with E-state index in [2.05, 4.69) is 19.2 Å². The highest BCUT2D eigenvalue weighted by molar-refractivity contribution is 6.01. The number of likely N-dealkylation sites (tertiary alicyclic amines) is 1. The zero-order chi connectivity index (χ0) is 18.4. The Morgan fingerprint density at radius 3 is 2.20 bits per heavy atom. The van der Waals surface area contributed by atoms with E-state index < -0.39 is 0 Å². The number of imide groups is 1. The molecule has 0 radical (unpaired) electrons. The van der Waals surface area contributed by atoms with Crippen molar-refractivity contribution in [3.05, 3.63) is 35.4 Å². The van der Waals surface area contributed by atoms with E-state index in [9.17, 15) is 14.4 Å². The number of nitrogens with zero attached hydrogens (tertiary/aromatic N) is 1. The van der Waals surface area contributed by atoms with Crippen molar-refractivity contribution in [2.75, 3.05) is 0 Å². The van der Waals surface area contributed by atoms with E-state index in [1.54, 1.807) is 24.3 Å². The van der Waals surface area contributed by atoms with Crippen LogP contribution in [0.15, 0.2) is 24.3 Å². The Labute approximate surface area is 149 Å². The van der Waals surface area contributed by atoms with Crippen molar-refractivity contribution in [2.45, 2.75) is 65.5 Å². The second-order valence-electron chi connectivity index (χ2n) is 7.27. The van der Waals surface area contributed by atoms with Gasteiger partial charge in [0.25, 0.3) is 5.91 Å². The predicted molar refractivity (Wildman–Crippen MR) is 96.9 cm³/mol. The van der Waals surface area contributed by atoms with Crippen molar-refractivity contribution < 1.29 is 14.4 Å². The summed E-state index contributed by atoms with van der Waals surface area (Å²) in [6.45, 7) is 6.71. The van der Waals surface area contributed by atoms with Gasteiger partial charge in [-0.15, -0.1) is 0 Å². The van der Waals surface area contributed by atoms with Crippen molar-refractivity contribution in [1.82, 2.24) is 10.2 Å². The summed E-state index contributed by atoms with van der Waals surface area (Å²) in [6, 6.07) is 7.24. The number of hydrogen-bond donors (Lipinski definition) is 1. The fourth-order valence-electron chi connectivity index (χ4n) is 2.95. The third kappa shape index (κ3) is 5.69. The van der Waals surface area contributed by atoms with Gasteiger partial charge in [-0.2, -0.15) is 0 Å². The van der Waals surface area contributed by atoms with Gasteiger partial charge in [-0.1, -0.05) is 38.8 Å². The molecule has 0 aromatic heterocycles. The Hall–Kier alpha value is -2.17. The summed E-state index contributed by atoms with van der Waals surface area (Å²) in [5.41, 5.74) is 1.45. The first kappa shape index (κ1) is 19.2. The molecule has 1 aliphatic rings. The van der Waals surface area contributed by atoms with E-state index in [0.29, 0.717) is 24.3 Å². The highest BCUT2D eigenvalue weighted by Crippen LogP contribution is 2.16. The molecule has 1 unspecified atom stereocenters. The van der Waals surface area contributed by atoms with Crippen LogP contribution in [0.1, 0.15) is 68.8 Å². The lowest BCUT2D eigenvalue weighted by Crippen LogP contribution is -2.32. The number of carbonyl (C=O) groups is 3. The summed E-state index contributed by atoms with van der Waals surface area (Å²) in [6.07, 6.45) is 3.85. The van der Waals surface area contributed by atoms with Gasteiger partial charge in [0.1, 0.15) is 0 Å². The van der Waals surface area contributed by atoms with Crippen LogP contribution in [0.2, 0.25) is 0 Å². The summed E-state index contributed by atoms with van der Waals surface area (Å²) in [5.74, 6) is 0.353. The van der Waals surface area contributed by atoms with Gasteiger partial charge in [-0.05, 0) is 37.0 Å². The number of nitrogens with one attached hydrogen (secondary N) is 1. The fourth-order valence-corrected chi connectivity index (χ4v) is 2.95. The number of hydrogen-bond acceptors (Lipinski definition) is 3. The normalized spacial score (nSPS) is 15.8. The molecular formula is C20H28N2O3. The van der Waals surface area contributed by atoms with Crippen LogP contribution in [0.3, 0.4) is 0 Å². The lowest BCUT2D eigenvalue weighted by Gasteiger charge is -2.16. The van der Waals surface area contributed by atoms with Crippen molar-refractivity contribution >= 4 is 17.7 Å². The van der Waals surface area contributed by atoms with Gasteiger partial charge in [0.2, 0.25) is 11.8 Å². The average Bonchev–Trinajstić information content (AvgIpc) is 2.87. The molecule has 1 atom stereocenters. The number of benzene rings is 1. The van der Waals surface area contributed by atoms with Gasteiger partial charge in [0, 0.05) is 24.4 Å². The summed E-state index contributed by atoms with van der Waals surface area (Å²) in [7, 11) is 0. The molecule has 3 amide bonds. The Bertz CT molecular complexity index is 606. The van der Waals surface area contributed by atoms with Crippen LogP contribution in [-0.4, -0.2) is 28.7 Å². The van der Waals surface area contributed by atoms with Crippen LogP contribution < -0.4 is 5.32 Å². The van der Waals surface area contributed by atoms with Gasteiger partial charge in [0.05, 0.1) is 6.54 Å². The average molecular weight is 344 g/mol. The Balaban J connectivity index is 1.85. The minimum atomic E-state index is -0.123. The summed E-state index contributed by atoms with van der Waals surface area (Å²) < 4.78 is 0. The van der Waals surface area contributed by atoms with E-state index in [0.717, 1.165) is 18.4 Å². The molecule has 0 saturated carbocycles. The van der Waals surface area contributed by atoms with Crippen LogP contribution in [0.5, 0.6) is 0 Å². The molecule has 2 rings (SSSR count). The molecule has 0 bridgehead atoms. The lowest BCUT2D eigenvalue weighted by atomic mass is 10.0. The molecule has 1 aromatic rings. The van der Waals surface area contributed by atoms with Crippen molar-refractivity contribution in [3.8, 4) is 0 Å². The van der Waals surface area contributed by atoms with E-state index >= 15 is 0 Å². The quantitative estimate of drug-likeness (QED) is 0.736. The topological polar surface area (TPSA) is 66.5 Å². The molecule has 1 saturated heterocycles. The third-order valence-corrected chi connectivity index (χ3v) is 4.51. The highest BCUT2D eigenvalue weighted by Gasteiger charge is 2.28. The molecular weight excluding hydrogens is 316 g/mol. The van der Waals surface area contributed by atoms with E-state index in [4.69, 9.17) is 0 Å². The zero-order valence-electron chi connectivity index (χ0n) is 15.4. The van der Waals surface area contributed by atoms with E-state index in [1.807, 2.05) is 6.92 Å². The minimum absolute atomic E-state index is 0.0862. The predicted octanol–water partition coefficient (Wildman–Crippen LogP) is 3.28. The largest absolute Gasteiger partial charge is 0.350 e. The van der Waals surface area contributed by atoms with Crippen molar-refractivity contribution in [3.63, 3.8) is 0 Å². The fraction of sp³-hybridized carbons (Fsp3) is 0.550. The summed E-state index contributed by atoms with van der Waals surface area (Å²) >= 11 is 0. The Morgan fingerprint density at radius 1 is 1.04 bits per heavy atom. The Morgan fingerprint density at radius 2 is 1.64 bits per heavy atom. The number of rotatable bonds is 8. The first-order valence-electron chi connectivity index (χ1n) is 9.10. The molecule has 1 heterocycles. The van der Waals surface area contributed by atoms with Crippen LogP contribution in [0, 0.1) is 5.92 Å². The lowest BCUT2D eigenvalue weighted by molar-refractivity contribution is -0.139. The van der Waals surface area contributed by atoms with Crippen molar-refractivity contribution in [1.29, 1.82) is 0 Å². The van der Waals surface area contributed by atoms with E-state index in [-0.39, 0.29) is 30.3 Å². The maximum Gasteiger partial charge on any atom is 0.251 e. The Kier molecular flexibility index (Phi) is 6.73. The standard InChI is InChI=1S/C20H28N2O3/c1-14(2)5-4-6-15(3)21-20(25)17-9-7-16(8-10-17)13-22-18(23)11-12-19(22)24/h7-10,14-15H,4-6,11-13H2,1-3H3,(H,21,25). The first-order valence-corrected chi connectivity index (χ1v) is 9.10. The van der Waals surface area contributed by atoms with Crippen LogP contribution >= 0.6 is 0 Å². The third-order valence-electron chi connectivity index (χ3n) is 4.51. The molecule has 5 nitrogen and oxygen atoms in total. The van der Waals surface area contributed by atoms with Gasteiger partial charge >= 0.3 is 0 Å². The van der Waals surface area contributed by atoms with Crippen LogP contribution in [0.4, 0.5) is 0 Å². The highest BCUT2D eigenvalue weighted by atomic mass is 16.2. The molecule has 0 spiro atoms. The molecule has 5 heteroatoms. The van der Waals surface area contributed by atoms with Crippen LogP contribution in [0.25, 0.3) is 0 Å². The first-order chi connectivity index (χ1) is 11.9. The van der Waals surface area contributed by atoms with Crippen LogP contribution in [-0.2, 0) is 16.1 Å². The number of carbonyl (C=O) groups excluding carboxylic acids is 3. The second kappa shape index (κ2) is 8.79. The summed E-state index contributed by atoms with van der Waals surface area (Å²) in [4.78, 5) is 36.9. The maximum atomic E-state index is 12.3. The SMILES string of the molecule is CC(C)CCCC(C)NC(=O)c1ccc(CN2C(=O)CCC2=O)cc1. The molecule has 1 fully saturated rings. The van der Waals surface area contributed by atoms with Gasteiger partial charge in [-0.25, -0.2) is 0 Å². The second-order valence-corrected chi connectivity index (χ2v) is 7.27. The maximum absolute atomic E-state index is 12.3. The molecule has 1 aromatic carbocycles. The van der Waals surface area contributed by atoms with Gasteiger partial charge < -0.3 is 5.32 Å². The van der Waals surface area contributed by atoms with Gasteiger partial charge in [-0.3, -0.25) is 19.3 Å². The smallest absolute Gasteiger partial charge is 0.251 e. The van der Waals surface area contributed by atoms with E-state index in [1.165, 1.54) is 11.3 Å². The summed E-state index contributed by atoms with van der Waals surface area (Å²) in [5, 5.41) is 3.02. The van der Waals surface area contributed by atoms with Crippen molar-refractivity contribution in [2.24, 2.45) is 5.92 Å². The molecule has 1 N–H and O–H groups in total. The molecule has 25 heavy (non-hydrogen) atoms. The number of amides is 3. The van der Waals surface area contributed by atoms with Gasteiger partial charge in [0.15, 0.2) is 0 Å². The monoisotopic (exact) mass is 344 g/mol. The zero-order valence-corrected chi connectivity index (χ0v) is 15.4. The minimum Gasteiger partial charge on any atom is -0.350 e.